The number of amides is 3. The van der Waals surface area contributed by atoms with Crippen LogP contribution in [-0.2, 0) is 0 Å². The fraction of sp³-hybridized carbons (Fsp3) is 0.0526. The molecule has 134 valence electrons. The summed E-state index contributed by atoms with van der Waals surface area (Å²) in [6.07, 6.45) is 2.09. The molecule has 1 aliphatic rings. The number of nitrogens with zero attached hydrogens (tertiary/aromatic N) is 4. The minimum atomic E-state index is -1.44. The number of carbonyl (C=O) groups excluding carboxylic acids is 2. The summed E-state index contributed by atoms with van der Waals surface area (Å²) in [7, 11) is 0. The second-order valence-corrected chi connectivity index (χ2v) is 5.89. The first-order valence-electron chi connectivity index (χ1n) is 8.12. The van der Waals surface area contributed by atoms with Gasteiger partial charge in [0.2, 0.25) is 0 Å². The Morgan fingerprint density at radius 3 is 2.07 bits per heavy atom. The number of hydrazine groups is 1. The van der Waals surface area contributed by atoms with E-state index in [4.69, 9.17) is 0 Å². The third-order valence-corrected chi connectivity index (χ3v) is 4.32. The molecule has 2 aromatic carbocycles. The van der Waals surface area contributed by atoms with E-state index < -0.39 is 24.1 Å². The molecule has 1 atom stereocenters. The second-order valence-electron chi connectivity index (χ2n) is 5.89. The molecule has 2 heterocycles. The SMILES string of the molecule is O=C1c2ccccc2C(=O)N1N(C(=O)O)C(c1ccccc1)n1ccnc1. The van der Waals surface area contributed by atoms with E-state index in [0.29, 0.717) is 10.6 Å². The Kier molecular flexibility index (Phi) is 3.92. The van der Waals surface area contributed by atoms with Crippen LogP contribution in [0.1, 0.15) is 32.4 Å². The summed E-state index contributed by atoms with van der Waals surface area (Å²) in [5.74, 6) is -1.36. The number of hydrogen-bond acceptors (Lipinski definition) is 4. The van der Waals surface area contributed by atoms with Crippen LogP contribution in [0.2, 0.25) is 0 Å². The fourth-order valence-electron chi connectivity index (χ4n) is 3.15. The lowest BCUT2D eigenvalue weighted by molar-refractivity contribution is -0.0181. The average molecular weight is 362 g/mol. The molecular formula is C19H14N4O4. The highest BCUT2D eigenvalue weighted by Gasteiger charge is 2.45. The molecule has 1 unspecified atom stereocenters. The first kappa shape index (κ1) is 16.5. The molecule has 0 saturated carbocycles. The van der Waals surface area contributed by atoms with E-state index in [-0.39, 0.29) is 11.1 Å². The molecule has 8 heteroatoms. The molecule has 8 nitrogen and oxygen atoms in total. The quantitative estimate of drug-likeness (QED) is 0.720. The van der Waals surface area contributed by atoms with Crippen molar-refractivity contribution in [3.05, 3.63) is 90.0 Å². The molecule has 0 fully saturated rings. The van der Waals surface area contributed by atoms with E-state index in [2.05, 4.69) is 4.98 Å². The number of rotatable bonds is 4. The Balaban J connectivity index is 1.86. The van der Waals surface area contributed by atoms with Crippen molar-refractivity contribution in [1.82, 2.24) is 19.6 Å². The van der Waals surface area contributed by atoms with Gasteiger partial charge in [-0.15, -0.1) is 0 Å². The summed E-state index contributed by atoms with van der Waals surface area (Å²) < 4.78 is 1.52. The number of aromatic nitrogens is 2. The van der Waals surface area contributed by atoms with E-state index in [1.165, 1.54) is 29.2 Å². The Labute approximate surface area is 153 Å². The number of hydrogen-bond donors (Lipinski definition) is 1. The van der Waals surface area contributed by atoms with Gasteiger partial charge in [0.1, 0.15) is 0 Å². The average Bonchev–Trinajstić information content (AvgIpc) is 3.29. The van der Waals surface area contributed by atoms with Gasteiger partial charge in [0.25, 0.3) is 11.8 Å². The minimum absolute atomic E-state index is 0.172. The van der Waals surface area contributed by atoms with E-state index >= 15 is 0 Å². The lowest BCUT2D eigenvalue weighted by Crippen LogP contribution is -2.52. The molecule has 1 aromatic heterocycles. The largest absolute Gasteiger partial charge is 0.464 e. The number of imide groups is 1. The van der Waals surface area contributed by atoms with E-state index in [9.17, 15) is 19.5 Å². The highest BCUT2D eigenvalue weighted by Crippen LogP contribution is 2.31. The Bertz CT molecular complexity index is 982. The lowest BCUT2D eigenvalue weighted by Gasteiger charge is -2.35. The maximum absolute atomic E-state index is 12.8. The van der Waals surface area contributed by atoms with Crippen LogP contribution in [0.5, 0.6) is 0 Å². The summed E-state index contributed by atoms with van der Waals surface area (Å²) >= 11 is 0. The van der Waals surface area contributed by atoms with E-state index in [1.54, 1.807) is 48.7 Å². The standard InChI is InChI=1S/C19H14N4O4/c24-17-14-8-4-5-9-15(14)18(25)23(17)22(19(26)27)16(21-11-10-20-12-21)13-6-2-1-3-7-13/h1-12,16H,(H,26,27). The van der Waals surface area contributed by atoms with Crippen molar-refractivity contribution in [2.75, 3.05) is 0 Å². The normalized spacial score (nSPS) is 14.1. The number of carboxylic acid groups (broad SMARTS) is 1. The molecule has 3 aromatic rings. The molecule has 0 radical (unpaired) electrons. The summed E-state index contributed by atoms with van der Waals surface area (Å²) in [6, 6.07) is 15.0. The van der Waals surface area contributed by atoms with Gasteiger partial charge in [0, 0.05) is 12.4 Å². The summed E-state index contributed by atoms with van der Waals surface area (Å²) in [6.45, 7) is 0. The lowest BCUT2D eigenvalue weighted by atomic mass is 10.1. The van der Waals surface area contributed by atoms with Crippen LogP contribution in [-0.4, -0.2) is 42.6 Å². The maximum atomic E-state index is 12.8. The van der Waals surface area contributed by atoms with Crippen molar-refractivity contribution in [3.63, 3.8) is 0 Å². The molecule has 3 amide bonds. The van der Waals surface area contributed by atoms with Crippen molar-refractivity contribution in [3.8, 4) is 0 Å². The predicted octanol–water partition coefficient (Wildman–Crippen LogP) is 2.62. The van der Waals surface area contributed by atoms with Crippen LogP contribution in [0.25, 0.3) is 0 Å². The zero-order chi connectivity index (χ0) is 19.0. The van der Waals surface area contributed by atoms with Crippen molar-refractivity contribution >= 4 is 17.9 Å². The van der Waals surface area contributed by atoms with Crippen LogP contribution in [0, 0.1) is 0 Å². The number of fused-ring (bicyclic) bond motifs is 1. The highest BCUT2D eigenvalue weighted by molar-refractivity contribution is 6.21. The Morgan fingerprint density at radius 2 is 1.56 bits per heavy atom. The summed E-state index contributed by atoms with van der Waals surface area (Å²) in [5, 5.41) is 11.3. The van der Waals surface area contributed by atoms with E-state index in [1.807, 2.05) is 0 Å². The molecule has 0 aliphatic carbocycles. The van der Waals surface area contributed by atoms with E-state index in [0.717, 1.165) is 5.01 Å². The molecule has 0 saturated heterocycles. The first-order chi connectivity index (χ1) is 13.1. The van der Waals surface area contributed by atoms with Gasteiger partial charge in [0.05, 0.1) is 17.5 Å². The van der Waals surface area contributed by atoms with Crippen molar-refractivity contribution in [2.24, 2.45) is 0 Å². The second kappa shape index (κ2) is 6.41. The zero-order valence-electron chi connectivity index (χ0n) is 14.0. The van der Waals surface area contributed by atoms with Crippen LogP contribution in [0.15, 0.2) is 73.3 Å². The predicted molar refractivity (Wildman–Crippen MR) is 93.6 cm³/mol. The van der Waals surface area contributed by atoms with Crippen molar-refractivity contribution in [1.29, 1.82) is 0 Å². The Morgan fingerprint density at radius 1 is 0.963 bits per heavy atom. The fourth-order valence-corrected chi connectivity index (χ4v) is 3.15. The number of benzene rings is 2. The van der Waals surface area contributed by atoms with Crippen LogP contribution in [0.4, 0.5) is 4.79 Å². The molecular weight excluding hydrogens is 348 g/mol. The third kappa shape index (κ3) is 2.63. The van der Waals surface area contributed by atoms with Gasteiger partial charge in [-0.1, -0.05) is 42.5 Å². The van der Waals surface area contributed by atoms with Gasteiger partial charge in [-0.05, 0) is 17.7 Å². The van der Waals surface area contributed by atoms with Crippen LogP contribution < -0.4 is 0 Å². The summed E-state index contributed by atoms with van der Waals surface area (Å²) in [5.41, 5.74) is 0.923. The monoisotopic (exact) mass is 362 g/mol. The number of carbonyl (C=O) groups is 3. The maximum Gasteiger partial charge on any atom is 0.429 e. The van der Waals surface area contributed by atoms with Crippen LogP contribution >= 0.6 is 0 Å². The Hall–Kier alpha value is -3.94. The third-order valence-electron chi connectivity index (χ3n) is 4.32. The van der Waals surface area contributed by atoms with Crippen LogP contribution in [0.3, 0.4) is 0 Å². The molecule has 0 spiro atoms. The topological polar surface area (TPSA) is 95.7 Å². The van der Waals surface area contributed by atoms with Gasteiger partial charge >= 0.3 is 6.09 Å². The smallest absolute Gasteiger partial charge is 0.429 e. The zero-order valence-corrected chi connectivity index (χ0v) is 14.0. The molecule has 4 rings (SSSR count). The van der Waals surface area contributed by atoms with Gasteiger partial charge in [-0.2, -0.15) is 10.0 Å². The molecule has 27 heavy (non-hydrogen) atoms. The minimum Gasteiger partial charge on any atom is -0.464 e. The molecule has 1 aliphatic heterocycles. The van der Waals surface area contributed by atoms with Gasteiger partial charge < -0.3 is 9.67 Å². The van der Waals surface area contributed by atoms with Crippen molar-refractivity contribution < 1.29 is 19.5 Å². The van der Waals surface area contributed by atoms with Crippen molar-refractivity contribution in [2.45, 2.75) is 6.17 Å². The van der Waals surface area contributed by atoms with Gasteiger partial charge in [0.15, 0.2) is 6.17 Å². The summed E-state index contributed by atoms with van der Waals surface area (Å²) in [4.78, 5) is 41.8. The number of imidazole rings is 1. The molecule has 1 N–H and O–H groups in total. The van der Waals surface area contributed by atoms with Gasteiger partial charge in [-0.25, -0.2) is 9.78 Å². The highest BCUT2D eigenvalue weighted by atomic mass is 16.4. The molecule has 0 bridgehead atoms. The first-order valence-corrected chi connectivity index (χ1v) is 8.12. The van der Waals surface area contributed by atoms with Gasteiger partial charge in [-0.3, -0.25) is 9.59 Å².